The van der Waals surface area contributed by atoms with Crippen LogP contribution in [0.15, 0.2) is 0 Å². The van der Waals surface area contributed by atoms with E-state index in [9.17, 15) is 9.90 Å². The van der Waals surface area contributed by atoms with Crippen LogP contribution in [0, 0.1) is 5.92 Å². The van der Waals surface area contributed by atoms with Gasteiger partial charge in [-0.2, -0.15) is 0 Å². The monoisotopic (exact) mass is 232 g/mol. The van der Waals surface area contributed by atoms with E-state index >= 15 is 0 Å². The normalized spacial score (nSPS) is 24.9. The fourth-order valence-electron chi connectivity index (χ4n) is 1.37. The fourth-order valence-corrected chi connectivity index (χ4v) is 2.31. The largest absolute Gasteiger partial charge is 0.391 e. The van der Waals surface area contributed by atoms with Crippen LogP contribution in [-0.4, -0.2) is 41.3 Å². The minimum atomic E-state index is -0.437. The minimum absolute atomic E-state index is 0.00218. The zero-order valence-corrected chi connectivity index (χ0v) is 10.1. The van der Waals surface area contributed by atoms with E-state index in [1.54, 1.807) is 11.8 Å². The Morgan fingerprint density at radius 3 is 3.00 bits per heavy atom. The summed E-state index contributed by atoms with van der Waals surface area (Å²) in [6, 6.07) is -0.0841. The topological polar surface area (TPSA) is 61.4 Å². The molecule has 88 valence electrons. The summed E-state index contributed by atoms with van der Waals surface area (Å²) >= 11 is 1.72. The first-order valence-electron chi connectivity index (χ1n) is 5.42. The molecule has 0 spiro atoms. The molecule has 1 fully saturated rings. The summed E-state index contributed by atoms with van der Waals surface area (Å²) in [6.45, 7) is 4.38. The lowest BCUT2D eigenvalue weighted by Gasteiger charge is -2.18. The summed E-state index contributed by atoms with van der Waals surface area (Å²) < 4.78 is 0. The predicted octanol–water partition coefficient (Wildman–Crippen LogP) is 0.172. The van der Waals surface area contributed by atoms with Gasteiger partial charge in [0.1, 0.15) is 0 Å². The van der Waals surface area contributed by atoms with E-state index in [1.165, 1.54) is 0 Å². The molecule has 0 radical (unpaired) electrons. The van der Waals surface area contributed by atoms with Gasteiger partial charge in [0.2, 0.25) is 5.91 Å². The molecular weight excluding hydrogens is 212 g/mol. The van der Waals surface area contributed by atoms with Crippen LogP contribution < -0.4 is 10.6 Å². The molecule has 1 saturated heterocycles. The molecule has 0 aromatic carbocycles. The van der Waals surface area contributed by atoms with Crippen LogP contribution in [0.2, 0.25) is 0 Å². The average molecular weight is 232 g/mol. The first kappa shape index (κ1) is 12.8. The van der Waals surface area contributed by atoms with Crippen molar-refractivity contribution in [2.24, 2.45) is 5.92 Å². The Kier molecular flexibility index (Phi) is 5.42. The Bertz CT molecular complexity index is 208. The molecule has 0 bridgehead atoms. The van der Waals surface area contributed by atoms with Crippen molar-refractivity contribution >= 4 is 17.7 Å². The van der Waals surface area contributed by atoms with Crippen LogP contribution in [-0.2, 0) is 4.79 Å². The molecule has 5 heteroatoms. The van der Waals surface area contributed by atoms with Gasteiger partial charge in [0, 0.05) is 18.2 Å². The van der Waals surface area contributed by atoms with Crippen LogP contribution >= 0.6 is 11.8 Å². The van der Waals surface area contributed by atoms with Gasteiger partial charge in [-0.15, -0.1) is 11.8 Å². The number of hydrogen-bond donors (Lipinski definition) is 3. The number of carbonyl (C=O) groups excluding carboxylic acids is 1. The van der Waals surface area contributed by atoms with Crippen LogP contribution in [0.25, 0.3) is 0 Å². The summed E-state index contributed by atoms with van der Waals surface area (Å²) in [5.74, 6) is 1.90. The predicted molar refractivity (Wildman–Crippen MR) is 62.7 cm³/mol. The van der Waals surface area contributed by atoms with E-state index in [0.717, 1.165) is 18.1 Å². The summed E-state index contributed by atoms with van der Waals surface area (Å²) in [6.07, 6.45) is 0.488. The van der Waals surface area contributed by atoms with E-state index in [1.807, 2.05) is 13.8 Å². The molecule has 15 heavy (non-hydrogen) atoms. The van der Waals surface area contributed by atoms with E-state index in [0.29, 0.717) is 6.54 Å². The van der Waals surface area contributed by atoms with Crippen molar-refractivity contribution in [2.45, 2.75) is 32.4 Å². The van der Waals surface area contributed by atoms with E-state index in [2.05, 4.69) is 10.6 Å². The average Bonchev–Trinajstić information content (AvgIpc) is 2.77. The molecule has 0 aromatic heterocycles. The maximum atomic E-state index is 11.6. The zero-order valence-electron chi connectivity index (χ0n) is 9.32. The first-order chi connectivity index (χ1) is 7.15. The smallest absolute Gasteiger partial charge is 0.238 e. The second-order valence-corrected chi connectivity index (χ2v) is 5.00. The maximum Gasteiger partial charge on any atom is 0.238 e. The summed E-state index contributed by atoms with van der Waals surface area (Å²) in [4.78, 5) is 11.6. The van der Waals surface area contributed by atoms with Crippen molar-refractivity contribution in [3.63, 3.8) is 0 Å². The van der Waals surface area contributed by atoms with Crippen molar-refractivity contribution in [1.29, 1.82) is 0 Å². The van der Waals surface area contributed by atoms with E-state index in [4.69, 9.17) is 0 Å². The van der Waals surface area contributed by atoms with Gasteiger partial charge in [-0.05, 0) is 5.92 Å². The van der Waals surface area contributed by atoms with Crippen molar-refractivity contribution in [3.8, 4) is 0 Å². The third kappa shape index (κ3) is 4.01. The Morgan fingerprint density at radius 1 is 1.73 bits per heavy atom. The number of nitrogens with one attached hydrogen (secondary N) is 2. The third-order valence-electron chi connectivity index (χ3n) is 2.82. The van der Waals surface area contributed by atoms with Crippen molar-refractivity contribution in [3.05, 3.63) is 0 Å². The molecule has 3 N–H and O–H groups in total. The van der Waals surface area contributed by atoms with Gasteiger partial charge in [0.05, 0.1) is 12.1 Å². The van der Waals surface area contributed by atoms with Crippen LogP contribution in [0.1, 0.15) is 20.3 Å². The number of carbonyl (C=O) groups is 1. The molecule has 0 aromatic rings. The molecule has 1 aliphatic heterocycles. The Balaban J connectivity index is 2.21. The molecule has 1 heterocycles. The zero-order chi connectivity index (χ0) is 11.3. The third-order valence-corrected chi connectivity index (χ3v) is 3.76. The molecule has 0 saturated carbocycles. The van der Waals surface area contributed by atoms with Gasteiger partial charge >= 0.3 is 0 Å². The molecule has 1 rings (SSSR count). The number of hydrogen-bond acceptors (Lipinski definition) is 4. The van der Waals surface area contributed by atoms with Gasteiger partial charge in [0.15, 0.2) is 0 Å². The van der Waals surface area contributed by atoms with Gasteiger partial charge in [-0.1, -0.05) is 20.3 Å². The van der Waals surface area contributed by atoms with Gasteiger partial charge in [-0.3, -0.25) is 10.1 Å². The summed E-state index contributed by atoms with van der Waals surface area (Å²) in [7, 11) is 0. The number of aliphatic hydroxyl groups excluding tert-OH is 1. The molecule has 2 unspecified atom stereocenters. The van der Waals surface area contributed by atoms with Crippen LogP contribution in [0.3, 0.4) is 0 Å². The highest BCUT2D eigenvalue weighted by Gasteiger charge is 2.23. The molecule has 1 amide bonds. The second kappa shape index (κ2) is 6.35. The standard InChI is InChI=1S/C10H20N2O2S/c1-3-7(2)9(13)4-11-10(14)8-5-15-6-12-8/h7-9,12-13H,3-6H2,1-2H3,(H,11,14)/t7?,8-,9?/m1/s1. The molecular formula is C10H20N2O2S. The maximum absolute atomic E-state index is 11.6. The summed E-state index contributed by atoms with van der Waals surface area (Å²) in [5.41, 5.74) is 0. The second-order valence-electron chi connectivity index (χ2n) is 3.97. The molecule has 0 aliphatic carbocycles. The Hall–Kier alpha value is -0.260. The minimum Gasteiger partial charge on any atom is -0.391 e. The lowest BCUT2D eigenvalue weighted by atomic mass is 10.0. The Labute approximate surface area is 95.2 Å². The van der Waals surface area contributed by atoms with Crippen molar-refractivity contribution < 1.29 is 9.90 Å². The highest BCUT2D eigenvalue weighted by molar-refractivity contribution is 7.99. The quantitative estimate of drug-likeness (QED) is 0.632. The van der Waals surface area contributed by atoms with E-state index < -0.39 is 6.10 Å². The van der Waals surface area contributed by atoms with Gasteiger partial charge in [-0.25, -0.2) is 0 Å². The van der Waals surface area contributed by atoms with Gasteiger partial charge < -0.3 is 10.4 Å². The number of thioether (sulfide) groups is 1. The first-order valence-corrected chi connectivity index (χ1v) is 6.57. The fraction of sp³-hybridized carbons (Fsp3) is 0.900. The molecule has 1 aliphatic rings. The molecule has 4 nitrogen and oxygen atoms in total. The number of rotatable bonds is 5. The highest BCUT2D eigenvalue weighted by atomic mass is 32.2. The number of aliphatic hydroxyl groups is 1. The van der Waals surface area contributed by atoms with Crippen molar-refractivity contribution in [1.82, 2.24) is 10.6 Å². The summed E-state index contributed by atoms with van der Waals surface area (Å²) in [5, 5.41) is 15.5. The van der Waals surface area contributed by atoms with Crippen LogP contribution in [0.4, 0.5) is 0 Å². The Morgan fingerprint density at radius 2 is 2.47 bits per heavy atom. The number of amides is 1. The van der Waals surface area contributed by atoms with E-state index in [-0.39, 0.29) is 17.9 Å². The highest BCUT2D eigenvalue weighted by Crippen LogP contribution is 2.10. The van der Waals surface area contributed by atoms with Crippen LogP contribution in [0.5, 0.6) is 0 Å². The van der Waals surface area contributed by atoms with Gasteiger partial charge in [0.25, 0.3) is 0 Å². The SMILES string of the molecule is CCC(C)C(O)CNC(=O)[C@H]1CSCN1. The lowest BCUT2D eigenvalue weighted by Crippen LogP contribution is -2.45. The van der Waals surface area contributed by atoms with Crippen molar-refractivity contribution in [2.75, 3.05) is 18.2 Å². The lowest BCUT2D eigenvalue weighted by molar-refractivity contribution is -0.123. The molecule has 3 atom stereocenters.